The fourth-order valence-electron chi connectivity index (χ4n) is 1.95. The van der Waals surface area contributed by atoms with Gasteiger partial charge in [-0.25, -0.2) is 0 Å². The third-order valence-corrected chi connectivity index (χ3v) is 2.45. The van der Waals surface area contributed by atoms with Gasteiger partial charge in [-0.05, 0) is 25.7 Å². The monoisotopic (exact) mass is 186 g/mol. The van der Waals surface area contributed by atoms with Crippen molar-refractivity contribution in [3.8, 4) is 0 Å². The van der Waals surface area contributed by atoms with E-state index in [1.165, 1.54) is 7.11 Å². The van der Waals surface area contributed by atoms with Crippen LogP contribution in [0.25, 0.3) is 0 Å². The number of ether oxygens (including phenoxy) is 2. The average Bonchev–Trinajstić information content (AvgIpc) is 2.02. The summed E-state index contributed by atoms with van der Waals surface area (Å²) >= 11 is 0. The summed E-state index contributed by atoms with van der Waals surface area (Å²) in [7, 11) is 1.41. The van der Waals surface area contributed by atoms with Crippen LogP contribution < -0.4 is 0 Å². The van der Waals surface area contributed by atoms with Gasteiger partial charge in [0.15, 0.2) is 0 Å². The summed E-state index contributed by atoms with van der Waals surface area (Å²) in [5.41, 5.74) is 0. The molecule has 3 heteroatoms. The standard InChI is InChI=1S/C10H18O3/c1-7-4-8(2)13-9(5-7)6-10(11)12-3/h7-9H,4-6H2,1-3H3/t7-,8+,9+/m1/s1. The second-order valence-electron chi connectivity index (χ2n) is 3.93. The molecule has 1 aliphatic rings. The van der Waals surface area contributed by atoms with Crippen LogP contribution in [0.4, 0.5) is 0 Å². The van der Waals surface area contributed by atoms with Gasteiger partial charge in [0, 0.05) is 0 Å². The molecule has 76 valence electrons. The second kappa shape index (κ2) is 4.61. The van der Waals surface area contributed by atoms with Crippen LogP contribution in [0.3, 0.4) is 0 Å². The van der Waals surface area contributed by atoms with Crippen LogP contribution >= 0.6 is 0 Å². The molecule has 1 aliphatic heterocycles. The van der Waals surface area contributed by atoms with E-state index in [9.17, 15) is 4.79 Å². The normalized spacial score (nSPS) is 34.2. The number of rotatable bonds is 2. The fraction of sp³-hybridized carbons (Fsp3) is 0.900. The summed E-state index contributed by atoms with van der Waals surface area (Å²) in [6.07, 6.45) is 2.80. The van der Waals surface area contributed by atoms with Crippen molar-refractivity contribution in [2.24, 2.45) is 5.92 Å². The SMILES string of the molecule is COC(=O)C[C@@H]1C[C@H](C)C[C@H](C)O1. The molecule has 1 rings (SSSR count). The molecule has 0 aliphatic carbocycles. The van der Waals surface area contributed by atoms with Crippen molar-refractivity contribution < 1.29 is 14.3 Å². The van der Waals surface area contributed by atoms with E-state index in [0.29, 0.717) is 12.3 Å². The van der Waals surface area contributed by atoms with Gasteiger partial charge in [0.25, 0.3) is 0 Å². The van der Waals surface area contributed by atoms with Gasteiger partial charge in [0.2, 0.25) is 0 Å². The number of methoxy groups -OCH3 is 1. The lowest BCUT2D eigenvalue weighted by molar-refractivity contribution is -0.147. The Kier molecular flexibility index (Phi) is 3.72. The third-order valence-electron chi connectivity index (χ3n) is 2.45. The summed E-state index contributed by atoms with van der Waals surface area (Å²) in [5, 5.41) is 0. The molecular weight excluding hydrogens is 168 g/mol. The maximum absolute atomic E-state index is 11.0. The molecule has 0 amide bonds. The number of esters is 1. The Balaban J connectivity index is 2.37. The van der Waals surface area contributed by atoms with Crippen LogP contribution in [0.5, 0.6) is 0 Å². The summed E-state index contributed by atoms with van der Waals surface area (Å²) in [5.74, 6) is 0.477. The van der Waals surface area contributed by atoms with Crippen molar-refractivity contribution in [3.63, 3.8) is 0 Å². The molecule has 1 saturated heterocycles. The highest BCUT2D eigenvalue weighted by atomic mass is 16.5. The topological polar surface area (TPSA) is 35.5 Å². The zero-order valence-corrected chi connectivity index (χ0v) is 8.58. The van der Waals surface area contributed by atoms with Gasteiger partial charge in [-0.15, -0.1) is 0 Å². The van der Waals surface area contributed by atoms with Gasteiger partial charge in [-0.1, -0.05) is 6.92 Å². The zero-order chi connectivity index (χ0) is 9.84. The molecule has 1 heterocycles. The van der Waals surface area contributed by atoms with E-state index in [0.717, 1.165) is 12.8 Å². The first kappa shape index (κ1) is 10.5. The molecular formula is C10H18O3. The van der Waals surface area contributed by atoms with Gasteiger partial charge in [-0.2, -0.15) is 0 Å². The Morgan fingerprint density at radius 2 is 2.15 bits per heavy atom. The highest BCUT2D eigenvalue weighted by molar-refractivity contribution is 5.69. The van der Waals surface area contributed by atoms with E-state index in [-0.39, 0.29) is 18.2 Å². The first-order chi connectivity index (χ1) is 6.11. The van der Waals surface area contributed by atoms with Crippen LogP contribution in [-0.4, -0.2) is 25.3 Å². The van der Waals surface area contributed by atoms with Gasteiger partial charge in [-0.3, -0.25) is 4.79 Å². The zero-order valence-electron chi connectivity index (χ0n) is 8.58. The van der Waals surface area contributed by atoms with Gasteiger partial charge in [0.1, 0.15) is 0 Å². The minimum absolute atomic E-state index is 0.0613. The molecule has 0 aromatic rings. The predicted molar refractivity (Wildman–Crippen MR) is 49.4 cm³/mol. The Labute approximate surface area is 79.4 Å². The highest BCUT2D eigenvalue weighted by Crippen LogP contribution is 2.26. The smallest absolute Gasteiger partial charge is 0.308 e. The van der Waals surface area contributed by atoms with Crippen molar-refractivity contribution >= 4 is 5.97 Å². The maximum Gasteiger partial charge on any atom is 0.308 e. The highest BCUT2D eigenvalue weighted by Gasteiger charge is 2.26. The van der Waals surface area contributed by atoms with Gasteiger partial charge in [0.05, 0.1) is 25.7 Å². The van der Waals surface area contributed by atoms with Crippen LogP contribution in [-0.2, 0) is 14.3 Å². The number of carbonyl (C=O) groups excluding carboxylic acids is 1. The Bertz CT molecular complexity index is 169. The molecule has 3 nitrogen and oxygen atoms in total. The molecule has 13 heavy (non-hydrogen) atoms. The first-order valence-electron chi connectivity index (χ1n) is 4.84. The minimum atomic E-state index is -0.175. The molecule has 0 aromatic carbocycles. The molecule has 0 spiro atoms. The number of carbonyl (C=O) groups is 1. The molecule has 0 saturated carbocycles. The predicted octanol–water partition coefficient (Wildman–Crippen LogP) is 1.75. The number of hydrogen-bond acceptors (Lipinski definition) is 3. The van der Waals surface area contributed by atoms with Crippen molar-refractivity contribution in [1.82, 2.24) is 0 Å². The molecule has 0 radical (unpaired) electrons. The van der Waals surface area contributed by atoms with Gasteiger partial charge >= 0.3 is 5.97 Å². The van der Waals surface area contributed by atoms with Crippen LogP contribution in [0.1, 0.15) is 33.1 Å². The summed E-state index contributed by atoms with van der Waals surface area (Å²) in [6.45, 7) is 4.25. The minimum Gasteiger partial charge on any atom is -0.469 e. The van der Waals surface area contributed by atoms with Crippen LogP contribution in [0.2, 0.25) is 0 Å². The Morgan fingerprint density at radius 3 is 2.69 bits per heavy atom. The van der Waals surface area contributed by atoms with E-state index < -0.39 is 0 Å². The van der Waals surface area contributed by atoms with E-state index in [1.54, 1.807) is 0 Å². The van der Waals surface area contributed by atoms with E-state index in [4.69, 9.17) is 4.74 Å². The summed E-state index contributed by atoms with van der Waals surface area (Å²) in [4.78, 5) is 11.0. The van der Waals surface area contributed by atoms with Crippen molar-refractivity contribution in [2.75, 3.05) is 7.11 Å². The van der Waals surface area contributed by atoms with E-state index in [1.807, 2.05) is 0 Å². The fourth-order valence-corrected chi connectivity index (χ4v) is 1.95. The third kappa shape index (κ3) is 3.35. The van der Waals surface area contributed by atoms with Crippen LogP contribution in [0, 0.1) is 5.92 Å². The average molecular weight is 186 g/mol. The number of hydrogen-bond donors (Lipinski definition) is 0. The lowest BCUT2D eigenvalue weighted by atomic mass is 9.93. The molecule has 0 N–H and O–H groups in total. The maximum atomic E-state index is 11.0. The lowest BCUT2D eigenvalue weighted by Gasteiger charge is -2.31. The molecule has 1 fully saturated rings. The largest absolute Gasteiger partial charge is 0.469 e. The lowest BCUT2D eigenvalue weighted by Crippen LogP contribution is -2.31. The molecule has 0 bridgehead atoms. The van der Waals surface area contributed by atoms with Crippen molar-refractivity contribution in [1.29, 1.82) is 0 Å². The van der Waals surface area contributed by atoms with Crippen LogP contribution in [0.15, 0.2) is 0 Å². The van der Waals surface area contributed by atoms with Crippen molar-refractivity contribution in [3.05, 3.63) is 0 Å². The Morgan fingerprint density at radius 1 is 1.46 bits per heavy atom. The van der Waals surface area contributed by atoms with E-state index in [2.05, 4.69) is 18.6 Å². The Hall–Kier alpha value is -0.570. The first-order valence-corrected chi connectivity index (χ1v) is 4.84. The molecule has 0 unspecified atom stereocenters. The van der Waals surface area contributed by atoms with Crippen molar-refractivity contribution in [2.45, 2.75) is 45.3 Å². The van der Waals surface area contributed by atoms with E-state index >= 15 is 0 Å². The molecule has 0 aromatic heterocycles. The van der Waals surface area contributed by atoms with Gasteiger partial charge < -0.3 is 9.47 Å². The quantitative estimate of drug-likeness (QED) is 0.616. The summed E-state index contributed by atoms with van der Waals surface area (Å²) in [6, 6.07) is 0. The summed E-state index contributed by atoms with van der Waals surface area (Å²) < 4.78 is 10.2. The second-order valence-corrected chi connectivity index (χ2v) is 3.93. The molecule has 3 atom stereocenters.